The van der Waals surface area contributed by atoms with Crippen LogP contribution in [0.25, 0.3) is 0 Å². The molecule has 1 aliphatic rings. The molecule has 2 nitrogen and oxygen atoms in total. The van der Waals surface area contributed by atoms with Crippen molar-refractivity contribution in [1.82, 2.24) is 9.80 Å². The van der Waals surface area contributed by atoms with Crippen LogP contribution in [0.5, 0.6) is 0 Å². The van der Waals surface area contributed by atoms with E-state index in [1.54, 1.807) is 0 Å². The monoisotopic (exact) mass is 328 g/mol. The van der Waals surface area contributed by atoms with Crippen LogP contribution >= 0.6 is 12.4 Å². The lowest BCUT2D eigenvalue weighted by molar-refractivity contribution is 0.382. The van der Waals surface area contributed by atoms with E-state index in [1.165, 1.54) is 76.5 Å². The summed E-state index contributed by atoms with van der Waals surface area (Å²) in [6, 6.07) is 0. The molecular weight excluding hydrogens is 292 g/mol. The van der Waals surface area contributed by atoms with Gasteiger partial charge in [-0.1, -0.05) is 64.7 Å². The maximum Gasteiger partial charge on any atom is 0.0376 e. The molecule has 130 valence electrons. The molecule has 0 saturated heterocycles. The third-order valence-electron chi connectivity index (χ3n) is 4.31. The molecule has 3 heteroatoms. The maximum absolute atomic E-state index is 2.43. The zero-order chi connectivity index (χ0) is 15.3. The van der Waals surface area contributed by atoms with Crippen molar-refractivity contribution < 1.29 is 0 Å². The van der Waals surface area contributed by atoms with Crippen LogP contribution < -0.4 is 0 Å². The predicted octanol–water partition coefficient (Wildman–Crippen LogP) is 5.60. The van der Waals surface area contributed by atoms with E-state index in [-0.39, 0.29) is 12.4 Å². The third kappa shape index (κ3) is 10.2. The van der Waals surface area contributed by atoms with Crippen molar-refractivity contribution in [3.8, 4) is 0 Å². The van der Waals surface area contributed by atoms with Gasteiger partial charge in [-0.05, 0) is 18.6 Å². The van der Waals surface area contributed by atoms with Crippen molar-refractivity contribution in [3.05, 3.63) is 24.0 Å². The Hall–Kier alpha value is -0.630. The highest BCUT2D eigenvalue weighted by Crippen LogP contribution is 2.12. The molecule has 1 heterocycles. The molecule has 1 aliphatic heterocycles. The highest BCUT2D eigenvalue weighted by molar-refractivity contribution is 5.85. The van der Waals surface area contributed by atoms with E-state index in [0.717, 1.165) is 6.54 Å². The number of unbranched alkanes of at least 4 members (excludes halogenated alkanes) is 9. The Morgan fingerprint density at radius 2 is 1.45 bits per heavy atom. The van der Waals surface area contributed by atoms with Crippen LogP contribution in [0.3, 0.4) is 0 Å². The van der Waals surface area contributed by atoms with Crippen molar-refractivity contribution in [2.24, 2.45) is 0 Å². The van der Waals surface area contributed by atoms with E-state index in [2.05, 4.69) is 49.2 Å². The van der Waals surface area contributed by atoms with Crippen LogP contribution in [-0.2, 0) is 0 Å². The number of allylic oxidation sites excluding steroid dienone is 1. The van der Waals surface area contributed by atoms with Gasteiger partial charge in [0.25, 0.3) is 0 Å². The molecule has 0 bridgehead atoms. The minimum Gasteiger partial charge on any atom is -0.378 e. The topological polar surface area (TPSA) is 6.48 Å². The highest BCUT2D eigenvalue weighted by Gasteiger charge is 2.05. The smallest absolute Gasteiger partial charge is 0.0376 e. The second-order valence-corrected chi connectivity index (χ2v) is 6.52. The van der Waals surface area contributed by atoms with Crippen molar-refractivity contribution >= 4 is 12.4 Å². The molecule has 0 aliphatic carbocycles. The second kappa shape index (κ2) is 14.0. The normalized spacial score (nSPS) is 13.8. The van der Waals surface area contributed by atoms with Gasteiger partial charge in [-0.2, -0.15) is 0 Å². The number of halogens is 1. The Bertz CT molecular complexity index is 311. The fourth-order valence-corrected chi connectivity index (χ4v) is 2.82. The number of hydrogen-bond acceptors (Lipinski definition) is 2. The summed E-state index contributed by atoms with van der Waals surface area (Å²) in [6.45, 7) is 4.57. The maximum atomic E-state index is 2.43. The zero-order valence-electron chi connectivity index (χ0n) is 15.0. The minimum atomic E-state index is 0. The van der Waals surface area contributed by atoms with E-state index in [1.807, 2.05) is 0 Å². The first-order chi connectivity index (χ1) is 10.2. The summed E-state index contributed by atoms with van der Waals surface area (Å²) in [7, 11) is 4.21. The molecule has 0 aromatic carbocycles. The molecule has 0 N–H and O–H groups in total. The van der Waals surface area contributed by atoms with Crippen LogP contribution in [0.1, 0.15) is 71.1 Å². The van der Waals surface area contributed by atoms with E-state index < -0.39 is 0 Å². The van der Waals surface area contributed by atoms with Gasteiger partial charge in [-0.3, -0.25) is 0 Å². The Morgan fingerprint density at radius 1 is 0.909 bits per heavy atom. The summed E-state index contributed by atoms with van der Waals surface area (Å²) in [6.07, 6.45) is 21.0. The van der Waals surface area contributed by atoms with Gasteiger partial charge in [0.2, 0.25) is 0 Å². The lowest BCUT2D eigenvalue weighted by Gasteiger charge is -2.25. The van der Waals surface area contributed by atoms with Gasteiger partial charge in [-0.15, -0.1) is 12.4 Å². The van der Waals surface area contributed by atoms with Gasteiger partial charge in [0, 0.05) is 39.1 Å². The summed E-state index contributed by atoms with van der Waals surface area (Å²) in [5.74, 6) is 0. The first-order valence-corrected chi connectivity index (χ1v) is 9.03. The zero-order valence-corrected chi connectivity index (χ0v) is 15.8. The van der Waals surface area contributed by atoms with E-state index in [4.69, 9.17) is 0 Å². The lowest BCUT2D eigenvalue weighted by atomic mass is 10.1. The van der Waals surface area contributed by atoms with Crippen LogP contribution in [0.2, 0.25) is 0 Å². The first kappa shape index (κ1) is 21.4. The standard InChI is InChI=1S/C19H36N2.ClH/c1-4-5-6-7-8-9-10-11-12-13-16-21-17-14-19(15-18-21)20(2)3;/h14-15,17H,4-13,16,18H2,1-3H3;1H. The largest absolute Gasteiger partial charge is 0.378 e. The Labute approximate surface area is 145 Å². The molecular formula is C19H37ClN2. The van der Waals surface area contributed by atoms with Crippen molar-refractivity contribution in [1.29, 1.82) is 0 Å². The van der Waals surface area contributed by atoms with E-state index in [9.17, 15) is 0 Å². The van der Waals surface area contributed by atoms with Crippen molar-refractivity contribution in [2.75, 3.05) is 27.2 Å². The number of rotatable bonds is 12. The molecule has 0 fully saturated rings. The lowest BCUT2D eigenvalue weighted by Crippen LogP contribution is -2.24. The van der Waals surface area contributed by atoms with Gasteiger partial charge < -0.3 is 9.80 Å². The molecule has 0 amide bonds. The average Bonchev–Trinajstić information content (AvgIpc) is 2.49. The van der Waals surface area contributed by atoms with E-state index in [0.29, 0.717) is 0 Å². The molecule has 0 aromatic rings. The van der Waals surface area contributed by atoms with Gasteiger partial charge in [0.1, 0.15) is 0 Å². The van der Waals surface area contributed by atoms with E-state index >= 15 is 0 Å². The number of hydrogen-bond donors (Lipinski definition) is 0. The van der Waals surface area contributed by atoms with Gasteiger partial charge in [0.05, 0.1) is 0 Å². The molecule has 0 aromatic heterocycles. The van der Waals surface area contributed by atoms with Crippen LogP contribution in [-0.4, -0.2) is 37.0 Å². The summed E-state index contributed by atoms with van der Waals surface area (Å²) in [5.41, 5.74) is 1.33. The summed E-state index contributed by atoms with van der Waals surface area (Å²) >= 11 is 0. The predicted molar refractivity (Wildman–Crippen MR) is 102 cm³/mol. The quantitative estimate of drug-likeness (QED) is 0.430. The third-order valence-corrected chi connectivity index (χ3v) is 4.31. The Kier molecular flexibility index (Phi) is 13.6. The average molecular weight is 329 g/mol. The molecule has 0 saturated carbocycles. The van der Waals surface area contributed by atoms with Crippen LogP contribution in [0.4, 0.5) is 0 Å². The minimum absolute atomic E-state index is 0. The fraction of sp³-hybridized carbons (Fsp3) is 0.789. The summed E-state index contributed by atoms with van der Waals surface area (Å²) in [4.78, 5) is 4.60. The van der Waals surface area contributed by atoms with Gasteiger partial charge in [0.15, 0.2) is 0 Å². The summed E-state index contributed by atoms with van der Waals surface area (Å²) < 4.78 is 0. The molecule has 0 radical (unpaired) electrons. The highest BCUT2D eigenvalue weighted by atomic mass is 35.5. The summed E-state index contributed by atoms with van der Waals surface area (Å²) in [5, 5.41) is 0. The second-order valence-electron chi connectivity index (χ2n) is 6.52. The molecule has 0 unspecified atom stereocenters. The Morgan fingerprint density at radius 3 is 1.91 bits per heavy atom. The van der Waals surface area contributed by atoms with Gasteiger partial charge in [-0.25, -0.2) is 0 Å². The van der Waals surface area contributed by atoms with Crippen LogP contribution in [0, 0.1) is 0 Å². The van der Waals surface area contributed by atoms with Gasteiger partial charge >= 0.3 is 0 Å². The van der Waals surface area contributed by atoms with Crippen LogP contribution in [0.15, 0.2) is 24.0 Å². The fourth-order valence-electron chi connectivity index (χ4n) is 2.82. The van der Waals surface area contributed by atoms with Crippen molar-refractivity contribution in [2.45, 2.75) is 71.1 Å². The van der Waals surface area contributed by atoms with Crippen molar-refractivity contribution in [3.63, 3.8) is 0 Å². The SMILES string of the molecule is CCCCCCCCCCCCN1C=CC(N(C)C)=CC1.Cl. The molecule has 22 heavy (non-hydrogen) atoms. The molecule has 1 rings (SSSR count). The first-order valence-electron chi connectivity index (χ1n) is 9.03. The number of likely N-dealkylation sites (N-methyl/N-ethyl adjacent to an activating group) is 1. The Balaban J connectivity index is 0.00000441. The number of nitrogens with zero attached hydrogens (tertiary/aromatic N) is 2. The molecule has 0 spiro atoms. The molecule has 0 atom stereocenters.